The fourth-order valence-electron chi connectivity index (χ4n) is 3.31. The van der Waals surface area contributed by atoms with Gasteiger partial charge in [0.15, 0.2) is 21.3 Å². The van der Waals surface area contributed by atoms with Crippen molar-refractivity contribution in [1.29, 1.82) is 0 Å². The average Bonchev–Trinajstić information content (AvgIpc) is 3.35. The lowest BCUT2D eigenvalue weighted by molar-refractivity contribution is 0.454. The lowest BCUT2D eigenvalue weighted by atomic mass is 10.1. The molecule has 11 nitrogen and oxygen atoms in total. The van der Waals surface area contributed by atoms with Gasteiger partial charge in [-0.05, 0) is 30.5 Å². The van der Waals surface area contributed by atoms with E-state index in [4.69, 9.17) is 0 Å². The van der Waals surface area contributed by atoms with Gasteiger partial charge >= 0.3 is 5.69 Å². The number of fused-ring (bicyclic) bond motifs is 1. The highest BCUT2D eigenvalue weighted by atomic mass is 32.2. The Labute approximate surface area is 181 Å². The van der Waals surface area contributed by atoms with Crippen LogP contribution in [0.1, 0.15) is 24.1 Å². The summed E-state index contributed by atoms with van der Waals surface area (Å²) >= 11 is 0. The number of sulfone groups is 1. The van der Waals surface area contributed by atoms with Gasteiger partial charge in [0.2, 0.25) is 11.5 Å². The Morgan fingerprint density at radius 2 is 2.09 bits per heavy atom. The van der Waals surface area contributed by atoms with Gasteiger partial charge in [0.1, 0.15) is 5.69 Å². The molecule has 164 valence electrons. The summed E-state index contributed by atoms with van der Waals surface area (Å²) in [5.74, 6) is -0.0111. The van der Waals surface area contributed by atoms with Crippen molar-refractivity contribution in [3.63, 3.8) is 0 Å². The van der Waals surface area contributed by atoms with Crippen molar-refractivity contribution in [3.05, 3.63) is 63.0 Å². The van der Waals surface area contributed by atoms with Crippen molar-refractivity contribution in [3.8, 4) is 17.3 Å². The highest BCUT2D eigenvalue weighted by Crippen LogP contribution is 2.22. The number of hydrogen-bond donors (Lipinski definition) is 3. The molecule has 0 atom stereocenters. The summed E-state index contributed by atoms with van der Waals surface area (Å²) in [5.41, 5.74) is 1.75. The maximum Gasteiger partial charge on any atom is 0.326 e. The molecule has 0 saturated heterocycles. The van der Waals surface area contributed by atoms with Crippen LogP contribution in [0.25, 0.3) is 23.1 Å². The molecule has 3 N–H and O–H groups in total. The molecule has 1 aliphatic carbocycles. The second-order valence-electron chi connectivity index (χ2n) is 7.80. The quantitative estimate of drug-likeness (QED) is 0.373. The summed E-state index contributed by atoms with van der Waals surface area (Å²) in [6.45, 7) is 0. The van der Waals surface area contributed by atoms with E-state index in [2.05, 4.69) is 30.0 Å². The van der Waals surface area contributed by atoms with Gasteiger partial charge in [-0.2, -0.15) is 14.6 Å². The highest BCUT2D eigenvalue weighted by Gasteiger charge is 2.21. The molecule has 32 heavy (non-hydrogen) atoms. The van der Waals surface area contributed by atoms with Crippen LogP contribution in [-0.2, 0) is 15.6 Å². The molecule has 1 aliphatic rings. The molecule has 3 aromatic heterocycles. The monoisotopic (exact) mass is 453 g/mol. The Kier molecular flexibility index (Phi) is 4.66. The van der Waals surface area contributed by atoms with Crippen molar-refractivity contribution < 1.29 is 13.5 Å². The van der Waals surface area contributed by atoms with E-state index in [1.165, 1.54) is 10.8 Å². The molecule has 0 unspecified atom stereocenters. The number of nitrogens with zero attached hydrogens (tertiary/aromatic N) is 5. The molecule has 0 aliphatic heterocycles. The van der Waals surface area contributed by atoms with Gasteiger partial charge in [-0.3, -0.25) is 4.98 Å². The molecule has 4 aromatic rings. The number of imidazole rings is 1. The summed E-state index contributed by atoms with van der Waals surface area (Å²) in [5, 5.41) is 14.8. The fraction of sp³-hybridized carbons (Fsp3) is 0.250. The first-order valence-electron chi connectivity index (χ1n) is 9.85. The van der Waals surface area contributed by atoms with Crippen LogP contribution in [0.3, 0.4) is 0 Å². The van der Waals surface area contributed by atoms with E-state index in [1.807, 2.05) is 0 Å². The zero-order chi connectivity index (χ0) is 22.5. The van der Waals surface area contributed by atoms with E-state index in [-0.39, 0.29) is 23.4 Å². The van der Waals surface area contributed by atoms with Crippen molar-refractivity contribution >= 4 is 21.6 Å². The first-order valence-corrected chi connectivity index (χ1v) is 11.9. The highest BCUT2D eigenvalue weighted by molar-refractivity contribution is 7.89. The van der Waals surface area contributed by atoms with E-state index in [9.17, 15) is 18.3 Å². The van der Waals surface area contributed by atoms with Crippen LogP contribution >= 0.6 is 0 Å². The third-order valence-corrected chi connectivity index (χ3v) is 5.73. The van der Waals surface area contributed by atoms with Gasteiger partial charge in [-0.1, -0.05) is 18.2 Å². The van der Waals surface area contributed by atoms with Crippen LogP contribution in [0.15, 0.2) is 40.2 Å². The molecule has 0 spiro atoms. The Morgan fingerprint density at radius 3 is 2.78 bits per heavy atom. The number of benzene rings is 1. The molecule has 3 heterocycles. The molecule has 1 fully saturated rings. The number of hydrogen-bond acceptors (Lipinski definition) is 8. The lowest BCUT2D eigenvalue weighted by Crippen LogP contribution is -2.23. The van der Waals surface area contributed by atoms with Crippen molar-refractivity contribution in [2.75, 3.05) is 6.26 Å². The molecular formula is C20H19N7O4S. The number of H-pyrrole nitrogens is 2. The maximum absolute atomic E-state index is 11.7. The molecule has 0 amide bonds. The molecule has 12 heteroatoms. The first-order chi connectivity index (χ1) is 15.2. The van der Waals surface area contributed by atoms with E-state index in [1.54, 1.807) is 36.5 Å². The van der Waals surface area contributed by atoms with Gasteiger partial charge in [-0.25, -0.2) is 23.2 Å². The van der Waals surface area contributed by atoms with E-state index in [0.29, 0.717) is 33.4 Å². The van der Waals surface area contributed by atoms with Crippen LogP contribution < -0.4 is 16.5 Å². The lowest BCUT2D eigenvalue weighted by Gasteiger charge is -2.05. The summed E-state index contributed by atoms with van der Waals surface area (Å²) in [7, 11) is -3.20. The maximum atomic E-state index is 11.7. The zero-order valence-corrected chi connectivity index (χ0v) is 17.8. The van der Waals surface area contributed by atoms with Gasteiger partial charge in [0.25, 0.3) is 0 Å². The Balaban J connectivity index is 1.72. The summed E-state index contributed by atoms with van der Waals surface area (Å²) in [4.78, 5) is 30.1. The topological polar surface area (TPSA) is 158 Å². The normalized spacial score (nSPS) is 15.7. The predicted molar refractivity (Wildman–Crippen MR) is 115 cm³/mol. The minimum absolute atomic E-state index is 0.0891. The van der Waals surface area contributed by atoms with Gasteiger partial charge in [0, 0.05) is 17.0 Å². The third-order valence-electron chi connectivity index (χ3n) is 4.87. The second-order valence-corrected chi connectivity index (χ2v) is 9.94. The number of aromatic hydroxyl groups is 1. The predicted octanol–water partition coefficient (Wildman–Crippen LogP) is -0.331. The van der Waals surface area contributed by atoms with Crippen molar-refractivity contribution in [2.24, 2.45) is 4.99 Å². The van der Waals surface area contributed by atoms with Crippen LogP contribution in [0.2, 0.25) is 0 Å². The second kappa shape index (κ2) is 7.41. The Morgan fingerprint density at radius 1 is 1.28 bits per heavy atom. The van der Waals surface area contributed by atoms with Crippen LogP contribution in [-0.4, -0.2) is 55.4 Å². The van der Waals surface area contributed by atoms with E-state index < -0.39 is 15.5 Å². The van der Waals surface area contributed by atoms with E-state index in [0.717, 1.165) is 12.8 Å². The van der Waals surface area contributed by atoms with Gasteiger partial charge < -0.3 is 10.1 Å². The summed E-state index contributed by atoms with van der Waals surface area (Å²) < 4.78 is 24.9. The minimum atomic E-state index is -3.20. The Hall–Kier alpha value is -3.80. The third kappa shape index (κ3) is 4.17. The smallest absolute Gasteiger partial charge is 0.326 e. The summed E-state index contributed by atoms with van der Waals surface area (Å²) in [6, 6.07) is 7.21. The molecule has 0 radical (unpaired) electrons. The number of aromatic nitrogens is 6. The number of aromatic amines is 2. The summed E-state index contributed by atoms with van der Waals surface area (Å²) in [6.07, 6.45) is 6.23. The van der Waals surface area contributed by atoms with Crippen LogP contribution in [0.4, 0.5) is 0 Å². The average molecular weight is 453 g/mol. The largest absolute Gasteiger partial charge is 0.493 e. The van der Waals surface area contributed by atoms with Crippen LogP contribution in [0.5, 0.6) is 5.88 Å². The molecule has 1 aromatic carbocycles. The first kappa shape index (κ1) is 20.1. The SMILES string of the molecule is CS(=O)(=O)Cc1cccc(-c2nc(=NC3CC3)n3nc/c(=C/c4[nH]c(=O)[nH]c4O)c3n2)c1. The molecule has 0 bridgehead atoms. The minimum Gasteiger partial charge on any atom is -0.493 e. The van der Waals surface area contributed by atoms with Gasteiger partial charge in [-0.15, -0.1) is 0 Å². The van der Waals surface area contributed by atoms with Crippen molar-refractivity contribution in [1.82, 2.24) is 29.5 Å². The van der Waals surface area contributed by atoms with Crippen molar-refractivity contribution in [2.45, 2.75) is 24.6 Å². The molecule has 1 saturated carbocycles. The standard InChI is InChI=1S/C20H19N7O4S/c1-32(30,31)10-11-3-2-4-12(7-11)16-24-17-13(8-15-18(28)26-20(29)23-15)9-21-27(17)19(25-16)22-14-5-6-14/h2-4,7-9,14,28H,5-6,10H2,1H3,(H2,23,26,29)/b13-8-,22-19?. The van der Waals surface area contributed by atoms with Gasteiger partial charge in [0.05, 0.1) is 18.0 Å². The number of nitrogens with one attached hydrogen (secondary N) is 2. The number of rotatable bonds is 5. The molecule has 5 rings (SSSR count). The molecular weight excluding hydrogens is 434 g/mol. The van der Waals surface area contributed by atoms with E-state index >= 15 is 0 Å². The zero-order valence-electron chi connectivity index (χ0n) is 17.0. The Bertz CT molecular complexity index is 1630. The van der Waals surface area contributed by atoms with Crippen LogP contribution in [0, 0.1) is 0 Å². The fourth-order valence-corrected chi connectivity index (χ4v) is 4.10.